The van der Waals surface area contributed by atoms with Gasteiger partial charge in [-0.1, -0.05) is 0 Å². The molecule has 2 aromatic rings. The van der Waals surface area contributed by atoms with Crippen molar-refractivity contribution in [1.82, 2.24) is 14.3 Å². The standard InChI is InChI=1S/C18H20N4O9S/c1-29-14-8-11(32(27,28)22-4-6-30-7-5-22)2-3-12(14)19-16(24)10-31-17(25)13-9-15(23)21-18(26)20-13/h2-3,8-9H,4-7,10H2,1H3,(H,19,24)(H2,20,21,23,26). The van der Waals surface area contributed by atoms with E-state index >= 15 is 0 Å². The number of aromatic amines is 2. The molecule has 3 N–H and O–H groups in total. The van der Waals surface area contributed by atoms with E-state index in [9.17, 15) is 27.6 Å². The molecular weight excluding hydrogens is 448 g/mol. The molecule has 14 heteroatoms. The second-order valence-electron chi connectivity index (χ2n) is 6.50. The number of hydrogen-bond donors (Lipinski definition) is 3. The van der Waals surface area contributed by atoms with E-state index in [0.717, 1.165) is 6.07 Å². The van der Waals surface area contributed by atoms with Crippen LogP contribution >= 0.6 is 0 Å². The lowest BCUT2D eigenvalue weighted by molar-refractivity contribution is -0.119. The number of methoxy groups -OCH3 is 1. The number of sulfonamides is 1. The summed E-state index contributed by atoms with van der Waals surface area (Å²) >= 11 is 0. The number of ether oxygens (including phenoxy) is 3. The van der Waals surface area contributed by atoms with Crippen molar-refractivity contribution in [2.45, 2.75) is 4.90 Å². The predicted molar refractivity (Wildman–Crippen MR) is 109 cm³/mol. The number of carbonyl (C=O) groups excluding carboxylic acids is 2. The molecule has 1 aromatic heterocycles. The fraction of sp³-hybridized carbons (Fsp3) is 0.333. The molecule has 1 saturated heterocycles. The van der Waals surface area contributed by atoms with Crippen molar-refractivity contribution in [1.29, 1.82) is 0 Å². The zero-order valence-corrected chi connectivity index (χ0v) is 17.7. The summed E-state index contributed by atoms with van der Waals surface area (Å²) in [6.45, 7) is 0.327. The number of nitrogens with zero attached hydrogens (tertiary/aromatic N) is 1. The van der Waals surface area contributed by atoms with Gasteiger partial charge in [-0.15, -0.1) is 0 Å². The van der Waals surface area contributed by atoms with Crippen molar-refractivity contribution < 1.29 is 32.2 Å². The first-order valence-corrected chi connectivity index (χ1v) is 10.7. The van der Waals surface area contributed by atoms with E-state index < -0.39 is 45.4 Å². The largest absolute Gasteiger partial charge is 0.495 e. The zero-order valence-electron chi connectivity index (χ0n) is 16.9. The summed E-state index contributed by atoms with van der Waals surface area (Å²) < 4.78 is 42.0. The maximum absolute atomic E-state index is 12.8. The number of morpholine rings is 1. The van der Waals surface area contributed by atoms with Crippen molar-refractivity contribution in [3.63, 3.8) is 0 Å². The van der Waals surface area contributed by atoms with Crippen LogP contribution in [0.2, 0.25) is 0 Å². The predicted octanol–water partition coefficient (Wildman–Crippen LogP) is -1.11. The number of amides is 1. The minimum absolute atomic E-state index is 0.0149. The van der Waals surface area contributed by atoms with Crippen molar-refractivity contribution in [2.24, 2.45) is 0 Å². The van der Waals surface area contributed by atoms with Crippen LogP contribution < -0.4 is 21.3 Å². The molecule has 172 valence electrons. The molecule has 1 fully saturated rings. The van der Waals surface area contributed by atoms with Gasteiger partial charge in [0.25, 0.3) is 11.5 Å². The number of carbonyl (C=O) groups is 2. The van der Waals surface area contributed by atoms with Crippen LogP contribution in [0.25, 0.3) is 0 Å². The number of H-pyrrole nitrogens is 2. The number of rotatable bonds is 7. The lowest BCUT2D eigenvalue weighted by Crippen LogP contribution is -2.40. The summed E-state index contributed by atoms with van der Waals surface area (Å²) in [4.78, 5) is 50.5. The van der Waals surface area contributed by atoms with Crippen LogP contribution in [-0.4, -0.2) is 74.6 Å². The topological polar surface area (TPSA) is 177 Å². The van der Waals surface area contributed by atoms with Crippen molar-refractivity contribution in [3.8, 4) is 5.75 Å². The molecule has 1 aliphatic rings. The van der Waals surface area contributed by atoms with Gasteiger partial charge in [0.05, 0.1) is 30.9 Å². The molecule has 13 nitrogen and oxygen atoms in total. The maximum Gasteiger partial charge on any atom is 0.355 e. The Morgan fingerprint density at radius 1 is 1.16 bits per heavy atom. The lowest BCUT2D eigenvalue weighted by atomic mass is 10.3. The Bertz CT molecular complexity index is 1200. The van der Waals surface area contributed by atoms with Gasteiger partial charge in [0.2, 0.25) is 10.0 Å². The van der Waals surface area contributed by atoms with E-state index in [0.29, 0.717) is 13.2 Å². The van der Waals surface area contributed by atoms with Gasteiger partial charge in [0, 0.05) is 25.2 Å². The molecule has 0 radical (unpaired) electrons. The van der Waals surface area contributed by atoms with Crippen molar-refractivity contribution >= 4 is 27.6 Å². The number of nitrogens with one attached hydrogen (secondary N) is 3. The Hall–Kier alpha value is -3.49. The van der Waals surface area contributed by atoms with Crippen LogP contribution in [0.1, 0.15) is 10.5 Å². The highest BCUT2D eigenvalue weighted by Crippen LogP contribution is 2.29. The van der Waals surface area contributed by atoms with Gasteiger partial charge in [-0.25, -0.2) is 18.0 Å². The van der Waals surface area contributed by atoms with Crippen LogP contribution in [0.15, 0.2) is 38.8 Å². The highest BCUT2D eigenvalue weighted by atomic mass is 32.2. The Kier molecular flexibility index (Phi) is 7.07. The van der Waals surface area contributed by atoms with E-state index in [-0.39, 0.29) is 29.4 Å². The van der Waals surface area contributed by atoms with E-state index in [4.69, 9.17) is 14.2 Å². The third-order valence-electron chi connectivity index (χ3n) is 4.37. The van der Waals surface area contributed by atoms with Gasteiger partial charge < -0.3 is 24.5 Å². The minimum Gasteiger partial charge on any atom is -0.495 e. The third kappa shape index (κ3) is 5.40. The third-order valence-corrected chi connectivity index (χ3v) is 6.26. The number of esters is 1. The first-order valence-electron chi connectivity index (χ1n) is 9.27. The summed E-state index contributed by atoms with van der Waals surface area (Å²) in [5.41, 5.74) is -1.96. The fourth-order valence-electron chi connectivity index (χ4n) is 2.85. The lowest BCUT2D eigenvalue weighted by Gasteiger charge is -2.26. The van der Waals surface area contributed by atoms with Gasteiger partial charge in [0.15, 0.2) is 6.61 Å². The van der Waals surface area contributed by atoms with E-state index in [1.165, 1.54) is 29.6 Å². The number of aromatic nitrogens is 2. The van der Waals surface area contributed by atoms with Gasteiger partial charge >= 0.3 is 11.7 Å². The molecule has 0 atom stereocenters. The molecule has 0 unspecified atom stereocenters. The van der Waals surface area contributed by atoms with E-state index in [1.807, 2.05) is 4.98 Å². The Morgan fingerprint density at radius 3 is 2.53 bits per heavy atom. The first-order chi connectivity index (χ1) is 15.2. The summed E-state index contributed by atoms with van der Waals surface area (Å²) in [6, 6.07) is 4.75. The van der Waals surface area contributed by atoms with Crippen molar-refractivity contribution in [2.75, 3.05) is 45.3 Å². The van der Waals surface area contributed by atoms with E-state index in [2.05, 4.69) is 10.3 Å². The van der Waals surface area contributed by atoms with Crippen LogP contribution in [0.3, 0.4) is 0 Å². The Morgan fingerprint density at radius 2 is 1.88 bits per heavy atom. The Balaban J connectivity index is 1.67. The summed E-state index contributed by atoms with van der Waals surface area (Å²) in [7, 11) is -2.46. The normalized spacial score (nSPS) is 14.5. The molecule has 0 bridgehead atoms. The average molecular weight is 468 g/mol. The minimum atomic E-state index is -3.76. The van der Waals surface area contributed by atoms with Gasteiger partial charge in [-0.2, -0.15) is 4.31 Å². The molecule has 1 aliphatic heterocycles. The molecule has 0 saturated carbocycles. The highest BCUT2D eigenvalue weighted by Gasteiger charge is 2.27. The van der Waals surface area contributed by atoms with E-state index in [1.54, 1.807) is 0 Å². The number of anilines is 1. The van der Waals surface area contributed by atoms with Crippen molar-refractivity contribution in [3.05, 3.63) is 50.8 Å². The van der Waals surface area contributed by atoms with Gasteiger partial charge in [-0.05, 0) is 12.1 Å². The van der Waals surface area contributed by atoms with Crippen LogP contribution in [0.4, 0.5) is 5.69 Å². The Labute approximate surface area is 181 Å². The highest BCUT2D eigenvalue weighted by molar-refractivity contribution is 7.89. The van der Waals surface area contributed by atoms with Crippen LogP contribution in [0.5, 0.6) is 5.75 Å². The molecule has 0 aliphatic carbocycles. The monoisotopic (exact) mass is 468 g/mol. The van der Waals surface area contributed by atoms with Gasteiger partial charge in [0.1, 0.15) is 11.4 Å². The molecule has 1 amide bonds. The first kappa shape index (κ1) is 23.2. The maximum atomic E-state index is 12.8. The summed E-state index contributed by atoms with van der Waals surface area (Å²) in [6.07, 6.45) is 0. The SMILES string of the molecule is COc1cc(S(=O)(=O)N2CCOCC2)ccc1NC(=O)COC(=O)c1cc(=O)[nH]c(=O)[nH]1. The molecular formula is C18H20N4O9S. The smallest absolute Gasteiger partial charge is 0.355 e. The quantitative estimate of drug-likeness (QED) is 0.425. The molecule has 3 rings (SSSR count). The summed E-state index contributed by atoms with van der Waals surface area (Å²) in [5.74, 6) is -1.76. The second kappa shape index (κ2) is 9.76. The summed E-state index contributed by atoms with van der Waals surface area (Å²) in [5, 5.41) is 2.44. The second-order valence-corrected chi connectivity index (χ2v) is 8.44. The number of benzene rings is 1. The molecule has 32 heavy (non-hydrogen) atoms. The average Bonchev–Trinajstić information content (AvgIpc) is 2.77. The molecule has 2 heterocycles. The number of hydrogen-bond acceptors (Lipinski definition) is 9. The zero-order chi connectivity index (χ0) is 23.3. The molecule has 1 aromatic carbocycles. The van der Waals surface area contributed by atoms with Crippen LogP contribution in [0, 0.1) is 0 Å². The van der Waals surface area contributed by atoms with Gasteiger partial charge in [-0.3, -0.25) is 14.6 Å². The molecule has 0 spiro atoms. The fourth-order valence-corrected chi connectivity index (χ4v) is 4.27. The van der Waals surface area contributed by atoms with Crippen LogP contribution in [-0.2, 0) is 24.3 Å².